The highest BCUT2D eigenvalue weighted by Gasteiger charge is 2.46. The van der Waals surface area contributed by atoms with Crippen molar-refractivity contribution in [1.82, 2.24) is 0 Å². The minimum Gasteiger partial charge on any atom is -0.494 e. The van der Waals surface area contributed by atoms with Gasteiger partial charge >= 0.3 is 0 Å². The molecular weight excluding hydrogens is 384 g/mol. The molecule has 4 N–H and O–H groups in total. The SMILES string of the molecule is CCOc1ccc(Cc2cc([C@@]3(O)C[C@@H](O)[C@H](O)[C@@H](CO)O3)ccc2Cl)cc1. The lowest BCUT2D eigenvalue weighted by Crippen LogP contribution is -2.54. The predicted octanol–water partition coefficient (Wildman–Crippen LogP) is 1.98. The Balaban J connectivity index is 1.84. The van der Waals surface area contributed by atoms with Crippen LogP contribution in [-0.4, -0.2) is 52.0 Å². The first kappa shape index (κ1) is 21.0. The Morgan fingerprint density at radius 3 is 2.54 bits per heavy atom. The summed E-state index contributed by atoms with van der Waals surface area (Å²) >= 11 is 6.34. The number of aliphatic hydroxyl groups is 4. The summed E-state index contributed by atoms with van der Waals surface area (Å²) in [6.07, 6.45) is -3.25. The molecule has 0 spiro atoms. The van der Waals surface area contributed by atoms with Crippen molar-refractivity contribution >= 4 is 11.6 Å². The second-order valence-corrected chi connectivity index (χ2v) is 7.35. The monoisotopic (exact) mass is 408 g/mol. The standard InChI is InChI=1S/C21H25ClO6/c1-2-27-16-6-3-13(4-7-16)9-14-10-15(5-8-17(14)22)21(26)11-18(24)20(25)19(12-23)28-21/h3-8,10,18-20,23-26H,2,9,11-12H2,1H3/t18-,19-,20+,21-/m1/s1. The van der Waals surface area contributed by atoms with Crippen molar-refractivity contribution < 1.29 is 29.9 Å². The van der Waals surface area contributed by atoms with E-state index in [0.717, 1.165) is 16.9 Å². The molecule has 2 aromatic rings. The third-order valence-corrected chi connectivity index (χ3v) is 5.28. The van der Waals surface area contributed by atoms with E-state index in [-0.39, 0.29) is 6.42 Å². The molecule has 0 radical (unpaired) electrons. The molecule has 0 aromatic heterocycles. The highest BCUT2D eigenvalue weighted by Crippen LogP contribution is 2.37. The Morgan fingerprint density at radius 1 is 1.18 bits per heavy atom. The zero-order valence-corrected chi connectivity index (χ0v) is 16.3. The van der Waals surface area contributed by atoms with E-state index in [2.05, 4.69) is 0 Å². The summed E-state index contributed by atoms with van der Waals surface area (Å²) in [7, 11) is 0. The molecule has 1 aliphatic rings. The average molecular weight is 409 g/mol. The molecule has 1 heterocycles. The molecule has 0 saturated carbocycles. The van der Waals surface area contributed by atoms with Crippen molar-refractivity contribution in [1.29, 1.82) is 0 Å². The second-order valence-electron chi connectivity index (χ2n) is 6.95. The third kappa shape index (κ3) is 4.49. The fraction of sp³-hybridized carbons (Fsp3) is 0.429. The normalized spacial score (nSPS) is 27.6. The first-order valence-corrected chi connectivity index (χ1v) is 9.62. The van der Waals surface area contributed by atoms with Crippen molar-refractivity contribution in [2.75, 3.05) is 13.2 Å². The molecule has 0 unspecified atom stereocenters. The van der Waals surface area contributed by atoms with Crippen LogP contribution < -0.4 is 4.74 Å². The van der Waals surface area contributed by atoms with Gasteiger partial charge in [0.2, 0.25) is 0 Å². The van der Waals surface area contributed by atoms with Crippen molar-refractivity contribution in [2.45, 2.75) is 43.9 Å². The van der Waals surface area contributed by atoms with Crippen LogP contribution in [-0.2, 0) is 16.9 Å². The molecule has 7 heteroatoms. The van der Waals surface area contributed by atoms with Crippen LogP contribution in [0.3, 0.4) is 0 Å². The zero-order valence-electron chi connectivity index (χ0n) is 15.6. The number of ether oxygens (including phenoxy) is 2. The molecule has 0 bridgehead atoms. The lowest BCUT2D eigenvalue weighted by Gasteiger charge is -2.42. The number of halogens is 1. The average Bonchev–Trinajstić information content (AvgIpc) is 2.68. The van der Waals surface area contributed by atoms with Gasteiger partial charge in [0.15, 0.2) is 5.79 Å². The van der Waals surface area contributed by atoms with E-state index in [1.165, 1.54) is 0 Å². The third-order valence-electron chi connectivity index (χ3n) is 4.91. The first-order chi connectivity index (χ1) is 13.4. The Labute approximate surface area is 168 Å². The summed E-state index contributed by atoms with van der Waals surface area (Å²) in [5.41, 5.74) is 2.20. The van der Waals surface area contributed by atoms with Gasteiger partial charge in [-0.25, -0.2) is 0 Å². The number of benzene rings is 2. The minimum atomic E-state index is -1.83. The Hall–Kier alpha value is -1.67. The summed E-state index contributed by atoms with van der Waals surface area (Å²) in [4.78, 5) is 0. The van der Waals surface area contributed by atoms with Gasteiger partial charge < -0.3 is 29.9 Å². The highest BCUT2D eigenvalue weighted by atomic mass is 35.5. The number of hydrogen-bond donors (Lipinski definition) is 4. The topological polar surface area (TPSA) is 99.4 Å². The minimum absolute atomic E-state index is 0.213. The fourth-order valence-electron chi connectivity index (χ4n) is 3.39. The molecule has 0 aliphatic carbocycles. The van der Waals surface area contributed by atoms with E-state index < -0.39 is 30.7 Å². The molecule has 28 heavy (non-hydrogen) atoms. The van der Waals surface area contributed by atoms with Crippen LogP contribution >= 0.6 is 11.6 Å². The van der Waals surface area contributed by atoms with Crippen LogP contribution in [0.2, 0.25) is 5.02 Å². The van der Waals surface area contributed by atoms with Gasteiger partial charge in [-0.15, -0.1) is 0 Å². The maximum atomic E-state index is 10.9. The van der Waals surface area contributed by atoms with E-state index in [1.54, 1.807) is 18.2 Å². The molecular formula is C21H25ClO6. The molecule has 4 atom stereocenters. The first-order valence-electron chi connectivity index (χ1n) is 9.24. The predicted molar refractivity (Wildman–Crippen MR) is 104 cm³/mol. The van der Waals surface area contributed by atoms with Crippen LogP contribution in [0.4, 0.5) is 0 Å². The van der Waals surface area contributed by atoms with E-state index >= 15 is 0 Å². The zero-order chi connectivity index (χ0) is 20.3. The molecule has 1 aliphatic heterocycles. The van der Waals surface area contributed by atoms with Crippen molar-refractivity contribution in [3.8, 4) is 5.75 Å². The largest absolute Gasteiger partial charge is 0.494 e. The van der Waals surface area contributed by atoms with Gasteiger partial charge in [0.1, 0.15) is 18.0 Å². The van der Waals surface area contributed by atoms with Gasteiger partial charge in [-0.3, -0.25) is 0 Å². The van der Waals surface area contributed by atoms with E-state index in [9.17, 15) is 20.4 Å². The fourth-order valence-corrected chi connectivity index (χ4v) is 3.58. The highest BCUT2D eigenvalue weighted by molar-refractivity contribution is 6.31. The summed E-state index contributed by atoms with van der Waals surface area (Å²) in [5.74, 6) is -1.04. The summed E-state index contributed by atoms with van der Waals surface area (Å²) in [6.45, 7) is 2.00. The molecule has 2 aromatic carbocycles. The van der Waals surface area contributed by atoms with Crippen LogP contribution in [0.5, 0.6) is 5.75 Å². The Kier molecular flexibility index (Phi) is 6.60. The quantitative estimate of drug-likeness (QED) is 0.583. The van der Waals surface area contributed by atoms with Gasteiger partial charge in [0.05, 0.1) is 19.3 Å². The summed E-state index contributed by atoms with van der Waals surface area (Å²) in [5, 5.41) is 40.8. The van der Waals surface area contributed by atoms with Crippen molar-refractivity contribution in [3.05, 3.63) is 64.2 Å². The number of hydrogen-bond acceptors (Lipinski definition) is 6. The molecule has 1 saturated heterocycles. The van der Waals surface area contributed by atoms with Crippen LogP contribution in [0.15, 0.2) is 42.5 Å². The van der Waals surface area contributed by atoms with E-state index in [4.69, 9.17) is 21.1 Å². The number of rotatable bonds is 6. The smallest absolute Gasteiger partial charge is 0.195 e. The van der Waals surface area contributed by atoms with Gasteiger partial charge in [-0.2, -0.15) is 0 Å². The van der Waals surface area contributed by atoms with Crippen molar-refractivity contribution in [2.24, 2.45) is 0 Å². The Bertz CT molecular complexity index is 796. The number of aliphatic hydroxyl groups excluding tert-OH is 3. The lowest BCUT2D eigenvalue weighted by molar-refractivity contribution is -0.313. The molecule has 0 amide bonds. The van der Waals surface area contributed by atoms with E-state index in [0.29, 0.717) is 23.6 Å². The van der Waals surface area contributed by atoms with Crippen molar-refractivity contribution in [3.63, 3.8) is 0 Å². The second kappa shape index (κ2) is 8.78. The van der Waals surface area contributed by atoms with Gasteiger partial charge in [0, 0.05) is 17.0 Å². The van der Waals surface area contributed by atoms with Crippen LogP contribution in [0.1, 0.15) is 30.0 Å². The maximum absolute atomic E-state index is 10.9. The summed E-state index contributed by atoms with van der Waals surface area (Å²) in [6, 6.07) is 12.7. The lowest BCUT2D eigenvalue weighted by atomic mass is 9.89. The van der Waals surface area contributed by atoms with Gasteiger partial charge in [-0.05, 0) is 48.7 Å². The van der Waals surface area contributed by atoms with Gasteiger partial charge in [-0.1, -0.05) is 29.8 Å². The van der Waals surface area contributed by atoms with E-state index in [1.807, 2.05) is 31.2 Å². The van der Waals surface area contributed by atoms with Crippen LogP contribution in [0, 0.1) is 0 Å². The van der Waals surface area contributed by atoms with Gasteiger partial charge in [0.25, 0.3) is 0 Å². The molecule has 1 fully saturated rings. The molecule has 3 rings (SSSR count). The Morgan fingerprint density at radius 2 is 1.89 bits per heavy atom. The van der Waals surface area contributed by atoms with Crippen LogP contribution in [0.25, 0.3) is 0 Å². The molecule has 6 nitrogen and oxygen atoms in total. The molecule has 152 valence electrons. The maximum Gasteiger partial charge on any atom is 0.195 e. The summed E-state index contributed by atoms with van der Waals surface area (Å²) < 4.78 is 11.0.